The minimum atomic E-state index is 0.0241. The van der Waals surface area contributed by atoms with E-state index in [4.69, 9.17) is 15.9 Å². The minimum Gasteiger partial charge on any atom is -0.449 e. The average Bonchev–Trinajstić information content (AvgIpc) is 2.34. The molecule has 1 heterocycles. The molecule has 3 nitrogen and oxygen atoms in total. The normalized spacial score (nSPS) is 13.8. The summed E-state index contributed by atoms with van der Waals surface area (Å²) in [5.41, 5.74) is 12.2. The third kappa shape index (κ3) is 1.74. The fourth-order valence-electron chi connectivity index (χ4n) is 0.928. The molecule has 0 aromatic carbocycles. The van der Waals surface area contributed by atoms with Crippen LogP contribution in [0.2, 0.25) is 0 Å². The van der Waals surface area contributed by atoms with E-state index in [1.165, 1.54) is 0 Å². The third-order valence-electron chi connectivity index (χ3n) is 1.74. The van der Waals surface area contributed by atoms with Crippen molar-refractivity contribution in [1.82, 2.24) is 0 Å². The van der Waals surface area contributed by atoms with E-state index < -0.39 is 0 Å². The monoisotopic (exact) mass is 154 g/mol. The first kappa shape index (κ1) is 8.14. The Labute approximate surface area is 66.4 Å². The van der Waals surface area contributed by atoms with E-state index >= 15 is 0 Å². The van der Waals surface area contributed by atoms with Crippen LogP contribution in [-0.2, 0) is 0 Å². The SMILES string of the molecule is CC(C)[C@@H](N)c1coc(N)c1. The summed E-state index contributed by atoms with van der Waals surface area (Å²) in [6, 6.07) is 1.79. The number of rotatable bonds is 2. The average molecular weight is 154 g/mol. The molecule has 4 N–H and O–H groups in total. The van der Waals surface area contributed by atoms with Gasteiger partial charge in [-0.3, -0.25) is 0 Å². The lowest BCUT2D eigenvalue weighted by Crippen LogP contribution is -2.15. The van der Waals surface area contributed by atoms with Crippen molar-refractivity contribution in [3.8, 4) is 0 Å². The standard InChI is InChI=1S/C8H14N2O/c1-5(2)8(10)6-3-7(9)11-4-6/h3-5,8H,9-10H2,1-2H3/t8-/m1/s1. The highest BCUT2D eigenvalue weighted by atomic mass is 16.3. The van der Waals surface area contributed by atoms with E-state index in [9.17, 15) is 0 Å². The van der Waals surface area contributed by atoms with Crippen LogP contribution in [0.25, 0.3) is 0 Å². The van der Waals surface area contributed by atoms with Crippen molar-refractivity contribution in [2.24, 2.45) is 11.7 Å². The number of nitrogen functional groups attached to an aromatic ring is 1. The van der Waals surface area contributed by atoms with Crippen molar-refractivity contribution < 1.29 is 4.42 Å². The predicted octanol–water partition coefficient (Wildman–Crippen LogP) is 1.52. The molecule has 0 aliphatic heterocycles. The molecule has 1 aromatic rings. The summed E-state index contributed by atoms with van der Waals surface area (Å²) in [4.78, 5) is 0. The molecular formula is C8H14N2O. The molecule has 0 fully saturated rings. The summed E-state index contributed by atoms with van der Waals surface area (Å²) in [5, 5.41) is 0. The Morgan fingerprint density at radius 3 is 2.45 bits per heavy atom. The predicted molar refractivity (Wildman–Crippen MR) is 44.9 cm³/mol. The van der Waals surface area contributed by atoms with E-state index in [2.05, 4.69) is 13.8 Å². The zero-order chi connectivity index (χ0) is 8.43. The number of anilines is 1. The molecule has 1 atom stereocenters. The topological polar surface area (TPSA) is 65.2 Å². The molecule has 0 bridgehead atoms. The maximum absolute atomic E-state index is 5.84. The summed E-state index contributed by atoms with van der Waals surface area (Å²) < 4.78 is 4.93. The molecule has 3 heteroatoms. The number of hydrogen-bond acceptors (Lipinski definition) is 3. The van der Waals surface area contributed by atoms with Gasteiger partial charge in [-0.1, -0.05) is 13.8 Å². The highest BCUT2D eigenvalue weighted by molar-refractivity contribution is 5.30. The van der Waals surface area contributed by atoms with Crippen LogP contribution < -0.4 is 11.5 Å². The highest BCUT2D eigenvalue weighted by Crippen LogP contribution is 2.21. The Hall–Kier alpha value is -0.960. The van der Waals surface area contributed by atoms with Crippen LogP contribution >= 0.6 is 0 Å². The van der Waals surface area contributed by atoms with Gasteiger partial charge < -0.3 is 15.9 Å². The smallest absolute Gasteiger partial charge is 0.190 e. The summed E-state index contributed by atoms with van der Waals surface area (Å²) >= 11 is 0. The van der Waals surface area contributed by atoms with Crippen molar-refractivity contribution in [3.63, 3.8) is 0 Å². The molecule has 0 saturated carbocycles. The van der Waals surface area contributed by atoms with Crippen LogP contribution in [0.1, 0.15) is 25.5 Å². The second-order valence-corrected chi connectivity index (χ2v) is 3.05. The third-order valence-corrected chi connectivity index (χ3v) is 1.74. The lowest BCUT2D eigenvalue weighted by atomic mass is 10.00. The van der Waals surface area contributed by atoms with Gasteiger partial charge in [0.25, 0.3) is 0 Å². The highest BCUT2D eigenvalue weighted by Gasteiger charge is 2.12. The Morgan fingerprint density at radius 2 is 2.09 bits per heavy atom. The molecule has 1 aromatic heterocycles. The lowest BCUT2D eigenvalue weighted by Gasteiger charge is -2.12. The second-order valence-electron chi connectivity index (χ2n) is 3.05. The van der Waals surface area contributed by atoms with Gasteiger partial charge in [0.1, 0.15) is 0 Å². The van der Waals surface area contributed by atoms with Crippen LogP contribution in [0.15, 0.2) is 16.7 Å². The lowest BCUT2D eigenvalue weighted by molar-refractivity contribution is 0.502. The van der Waals surface area contributed by atoms with E-state index in [0.717, 1.165) is 5.56 Å². The molecular weight excluding hydrogens is 140 g/mol. The van der Waals surface area contributed by atoms with Crippen molar-refractivity contribution >= 4 is 5.88 Å². The molecule has 0 radical (unpaired) electrons. The van der Waals surface area contributed by atoms with E-state index in [1.807, 2.05) is 0 Å². The molecule has 1 rings (SSSR count). The number of hydrogen-bond donors (Lipinski definition) is 2. The first-order chi connectivity index (χ1) is 5.11. The van der Waals surface area contributed by atoms with Crippen molar-refractivity contribution in [2.75, 3.05) is 5.73 Å². The van der Waals surface area contributed by atoms with E-state index in [0.29, 0.717) is 11.8 Å². The Bertz CT molecular complexity index is 230. The largest absolute Gasteiger partial charge is 0.449 e. The molecule has 62 valence electrons. The maximum atomic E-state index is 5.84. The number of furan rings is 1. The van der Waals surface area contributed by atoms with Crippen molar-refractivity contribution in [3.05, 3.63) is 17.9 Å². The van der Waals surface area contributed by atoms with Crippen LogP contribution in [-0.4, -0.2) is 0 Å². The second kappa shape index (κ2) is 2.96. The van der Waals surface area contributed by atoms with Gasteiger partial charge in [0.05, 0.1) is 6.26 Å². The molecule has 0 unspecified atom stereocenters. The zero-order valence-corrected chi connectivity index (χ0v) is 6.87. The minimum absolute atomic E-state index is 0.0241. The Kier molecular flexibility index (Phi) is 2.19. The van der Waals surface area contributed by atoms with E-state index in [1.54, 1.807) is 12.3 Å². The maximum Gasteiger partial charge on any atom is 0.190 e. The van der Waals surface area contributed by atoms with Crippen LogP contribution in [0, 0.1) is 5.92 Å². The summed E-state index contributed by atoms with van der Waals surface area (Å²) in [6.45, 7) is 4.13. The van der Waals surface area contributed by atoms with Gasteiger partial charge >= 0.3 is 0 Å². The number of nitrogens with two attached hydrogens (primary N) is 2. The Morgan fingerprint density at radius 1 is 1.45 bits per heavy atom. The van der Waals surface area contributed by atoms with Crippen LogP contribution in [0.3, 0.4) is 0 Å². The fraction of sp³-hybridized carbons (Fsp3) is 0.500. The van der Waals surface area contributed by atoms with Gasteiger partial charge in [-0.2, -0.15) is 0 Å². The summed E-state index contributed by atoms with van der Waals surface area (Å²) in [6.07, 6.45) is 1.61. The molecule has 11 heavy (non-hydrogen) atoms. The van der Waals surface area contributed by atoms with Crippen molar-refractivity contribution in [1.29, 1.82) is 0 Å². The molecule has 0 aliphatic carbocycles. The molecule has 0 spiro atoms. The van der Waals surface area contributed by atoms with Gasteiger partial charge in [0.15, 0.2) is 5.88 Å². The van der Waals surface area contributed by atoms with Gasteiger partial charge in [0, 0.05) is 17.7 Å². The van der Waals surface area contributed by atoms with Gasteiger partial charge in [-0.25, -0.2) is 0 Å². The van der Waals surface area contributed by atoms with Gasteiger partial charge in [-0.05, 0) is 5.92 Å². The van der Waals surface area contributed by atoms with E-state index in [-0.39, 0.29) is 6.04 Å². The van der Waals surface area contributed by atoms with Crippen LogP contribution in [0.5, 0.6) is 0 Å². The summed E-state index contributed by atoms with van der Waals surface area (Å²) in [7, 11) is 0. The zero-order valence-electron chi connectivity index (χ0n) is 6.87. The molecule has 0 saturated heterocycles. The summed E-state index contributed by atoms with van der Waals surface area (Å²) in [5.74, 6) is 0.836. The van der Waals surface area contributed by atoms with Gasteiger partial charge in [-0.15, -0.1) is 0 Å². The van der Waals surface area contributed by atoms with Gasteiger partial charge in [0.2, 0.25) is 0 Å². The van der Waals surface area contributed by atoms with Crippen LogP contribution in [0.4, 0.5) is 5.88 Å². The first-order valence-corrected chi connectivity index (χ1v) is 3.70. The van der Waals surface area contributed by atoms with Crippen molar-refractivity contribution in [2.45, 2.75) is 19.9 Å². The quantitative estimate of drug-likeness (QED) is 0.678. The Balaban J connectivity index is 2.76. The molecule has 0 aliphatic rings. The fourth-order valence-corrected chi connectivity index (χ4v) is 0.928. The molecule has 0 amide bonds. The first-order valence-electron chi connectivity index (χ1n) is 3.70.